The van der Waals surface area contributed by atoms with Crippen molar-refractivity contribution in [2.45, 2.75) is 96.0 Å². The van der Waals surface area contributed by atoms with E-state index in [1.807, 2.05) is 121 Å². The van der Waals surface area contributed by atoms with Crippen molar-refractivity contribution in [1.29, 1.82) is 5.26 Å². The van der Waals surface area contributed by atoms with Gasteiger partial charge in [-0.1, -0.05) is 125 Å². The number of nitrogens with two attached hydrogens (primary N) is 4. The highest BCUT2D eigenvalue weighted by atomic mass is 35.5. The molecule has 0 aliphatic carbocycles. The van der Waals surface area contributed by atoms with Crippen molar-refractivity contribution in [3.63, 3.8) is 0 Å². The number of pyridine rings is 4. The fourth-order valence-corrected chi connectivity index (χ4v) is 19.1. The number of anilines is 6. The van der Waals surface area contributed by atoms with Crippen LogP contribution >= 0.6 is 91.8 Å². The van der Waals surface area contributed by atoms with E-state index in [4.69, 9.17) is 79.3 Å². The molecular formula is C94H89Cl4N15O8S5. The number of nitrogen functional groups attached to an aromatic ring is 4. The van der Waals surface area contributed by atoms with Crippen molar-refractivity contribution in [1.82, 2.24) is 41.2 Å². The summed E-state index contributed by atoms with van der Waals surface area (Å²) in [7, 11) is -1.59. The molecule has 0 aliphatic rings. The largest absolute Gasteiger partial charge is 0.497 e. The van der Waals surface area contributed by atoms with Crippen LogP contribution in [0, 0.1) is 11.3 Å². The van der Waals surface area contributed by atoms with Crippen LogP contribution in [0.25, 0.3) is 43.1 Å². The number of amides is 2. The molecule has 15 rings (SSSR count). The number of hydrogen-bond acceptors (Lipinski definition) is 25. The number of fused-ring (bicyclic) bond motifs is 4. The predicted octanol–water partition coefficient (Wildman–Crippen LogP) is 19.9. The summed E-state index contributed by atoms with van der Waals surface area (Å²) < 4.78 is 28.3. The van der Waals surface area contributed by atoms with Crippen LogP contribution in [-0.4, -0.2) is 84.0 Å². The number of methoxy groups -OCH3 is 1. The highest BCUT2D eigenvalue weighted by Gasteiger charge is 2.20. The van der Waals surface area contributed by atoms with Crippen LogP contribution in [0.15, 0.2) is 224 Å². The molecule has 0 atom stereocenters. The summed E-state index contributed by atoms with van der Waals surface area (Å²) in [6, 6.07) is 62.2. The number of ether oxygens (including phenoxy) is 1. The fourth-order valence-electron chi connectivity index (χ4n) is 13.2. The summed E-state index contributed by atoms with van der Waals surface area (Å²) in [5.74, 6) is 2.86. The zero-order chi connectivity index (χ0) is 89.4. The van der Waals surface area contributed by atoms with Crippen molar-refractivity contribution in [2.24, 2.45) is 0 Å². The summed E-state index contributed by atoms with van der Waals surface area (Å²) in [5.41, 5.74) is 31.3. The van der Waals surface area contributed by atoms with Crippen molar-refractivity contribution >= 4 is 208 Å². The van der Waals surface area contributed by atoms with Crippen molar-refractivity contribution < 1.29 is 37.1 Å². The molecule has 2 amide bonds. The van der Waals surface area contributed by atoms with Crippen LogP contribution in [0.5, 0.6) is 5.75 Å². The normalized spacial score (nSPS) is 11.1. The van der Waals surface area contributed by atoms with Crippen LogP contribution in [0.4, 0.5) is 34.6 Å². The third-order valence-corrected chi connectivity index (χ3v) is 27.6. The standard InChI is InChI=1S/C25H21ClN4OS.C24H22ClN3O3S2.C24H22ClN3O2S.C21H24ClN5O2S/c26-21-12-23(32-24(21)15-29-14-18-3-1-17(13-27)2-4-18)22(31)8-6-16-5-7-20-19(11-16)9-10-30-25(20)28;1-33(30,31)18-6-4-17(5-7-18)28-14-23-20(25)13-22(32-23)21(29)9-3-15-2-8-19-16(12-15)10-11-27-24(19)26;1-30-18-6-4-17(5-7-18)28-14-23-20(25)13-22(31-23)21(29)9-3-15-2-8-19-16(12-15)10-11-27-24(19)26;1-13(28)25-7-2-6-24-12-19-17(22)10-18(30-19)21(29)27-11-14-3-4-16-15(9-14)5-8-26-20(16)23/h1-5,7,9-12,29H,6,8,14-15H2,(H2,28,30);2,4-8,10-13,28H,3,9,14H2,1H3,(H2,26,27);2,4-8,10-13,28H,3,9,14H2,1H3,(H2,26,27);3-5,8-10,24H,2,6-7,11-12H2,1H3,(H2,23,26)(H,25,28)(H,27,29). The van der Waals surface area contributed by atoms with Gasteiger partial charge >= 0.3 is 0 Å². The Hall–Kier alpha value is -12.0. The molecule has 0 radical (unpaired) electrons. The second-order valence-corrected chi connectivity index (χ2v) is 37.3. The third-order valence-electron chi connectivity index (χ3n) is 20.1. The zero-order valence-corrected chi connectivity index (χ0v) is 75.9. The van der Waals surface area contributed by atoms with E-state index in [9.17, 15) is 32.4 Å². The number of Topliss-reactive ketones (excluding diaryl/α,β-unsaturated/α-hetero) is 3. The molecule has 646 valence electrons. The molecule has 32 heteroatoms. The number of aryl methyl sites for hydroxylation is 3. The lowest BCUT2D eigenvalue weighted by Gasteiger charge is -2.06. The first kappa shape index (κ1) is 93.2. The molecule has 7 aromatic carbocycles. The average Bonchev–Trinajstić information content (AvgIpc) is 1.01. The smallest absolute Gasteiger partial charge is 0.261 e. The van der Waals surface area contributed by atoms with Gasteiger partial charge in [-0.3, -0.25) is 24.0 Å². The Morgan fingerprint density at radius 1 is 0.421 bits per heavy atom. The molecular weight excluding hydrogens is 1770 g/mol. The average molecular weight is 1860 g/mol. The van der Waals surface area contributed by atoms with Gasteiger partial charge in [0.15, 0.2) is 27.2 Å². The minimum absolute atomic E-state index is 0.0308. The van der Waals surface area contributed by atoms with Crippen LogP contribution < -0.4 is 59.6 Å². The monoisotopic (exact) mass is 1860 g/mol. The fraction of sp³-hybridized carbons (Fsp3) is 0.191. The van der Waals surface area contributed by atoms with Crippen molar-refractivity contribution in [2.75, 3.05) is 60.0 Å². The van der Waals surface area contributed by atoms with Crippen LogP contribution in [0.3, 0.4) is 0 Å². The van der Waals surface area contributed by atoms with Crippen LogP contribution in [-0.2, 0) is 73.2 Å². The van der Waals surface area contributed by atoms with Gasteiger partial charge in [0, 0.05) is 142 Å². The molecule has 0 aliphatic heterocycles. The first-order valence-corrected chi connectivity index (χ1v) is 46.5. The number of aromatic nitrogens is 4. The number of carbonyl (C=O) groups excluding carboxylic acids is 5. The van der Waals surface area contributed by atoms with Gasteiger partial charge in [0.25, 0.3) is 5.91 Å². The van der Waals surface area contributed by atoms with Crippen molar-refractivity contribution in [3.8, 4) is 11.8 Å². The van der Waals surface area contributed by atoms with Gasteiger partial charge in [0.05, 0.1) is 76.3 Å². The number of nitrogens with one attached hydrogen (secondary N) is 6. The van der Waals surface area contributed by atoms with Gasteiger partial charge in [0.1, 0.15) is 29.0 Å². The van der Waals surface area contributed by atoms with Gasteiger partial charge < -0.3 is 59.6 Å². The maximum absolute atomic E-state index is 12.8. The summed E-state index contributed by atoms with van der Waals surface area (Å²) in [4.78, 5) is 84.4. The summed E-state index contributed by atoms with van der Waals surface area (Å²) in [6.45, 7) is 6.10. The second-order valence-electron chi connectivity index (χ2n) is 29.1. The lowest BCUT2D eigenvalue weighted by Crippen LogP contribution is -2.24. The lowest BCUT2D eigenvalue weighted by molar-refractivity contribution is -0.118. The van der Waals surface area contributed by atoms with E-state index in [0.29, 0.717) is 153 Å². The Morgan fingerprint density at radius 3 is 1.18 bits per heavy atom. The van der Waals surface area contributed by atoms with Crippen LogP contribution in [0.2, 0.25) is 20.1 Å². The number of sulfone groups is 1. The molecule has 0 saturated heterocycles. The van der Waals surface area contributed by atoms with E-state index >= 15 is 0 Å². The van der Waals surface area contributed by atoms with Gasteiger partial charge in [-0.15, -0.1) is 45.3 Å². The minimum atomic E-state index is -3.23. The lowest BCUT2D eigenvalue weighted by atomic mass is 10.0. The van der Waals surface area contributed by atoms with Crippen molar-refractivity contribution in [3.05, 3.63) is 311 Å². The topological polar surface area (TPSA) is 380 Å². The number of hydrogen-bond donors (Lipinski definition) is 10. The summed E-state index contributed by atoms with van der Waals surface area (Å²) in [5, 5.41) is 37.8. The molecule has 0 saturated carbocycles. The van der Waals surface area contributed by atoms with E-state index in [2.05, 4.69) is 70.0 Å². The predicted molar refractivity (Wildman–Crippen MR) is 515 cm³/mol. The Labute approximate surface area is 765 Å². The quantitative estimate of drug-likeness (QED) is 0.0135. The summed E-state index contributed by atoms with van der Waals surface area (Å²) >= 11 is 31.0. The zero-order valence-electron chi connectivity index (χ0n) is 68.8. The van der Waals surface area contributed by atoms with Crippen LogP contribution in [0.1, 0.15) is 124 Å². The molecule has 15 aromatic rings. The molecule has 0 bridgehead atoms. The minimum Gasteiger partial charge on any atom is -0.497 e. The van der Waals surface area contributed by atoms with Gasteiger partial charge in [-0.05, 0) is 197 Å². The second kappa shape index (κ2) is 44.8. The highest BCUT2D eigenvalue weighted by molar-refractivity contribution is 7.90. The molecule has 0 fully saturated rings. The molecule has 8 heterocycles. The summed E-state index contributed by atoms with van der Waals surface area (Å²) in [6.07, 6.45) is 11.9. The van der Waals surface area contributed by atoms with Gasteiger partial charge in [0.2, 0.25) is 5.91 Å². The number of nitriles is 1. The van der Waals surface area contributed by atoms with E-state index in [1.165, 1.54) is 58.5 Å². The number of carbonyl (C=O) groups is 5. The molecule has 23 nitrogen and oxygen atoms in total. The number of nitrogens with zero attached hydrogens (tertiary/aromatic N) is 5. The SMILES string of the molecule is CC(=O)NCCCNCc1sc(C(=O)NCc2ccc3c(N)nccc3c2)cc1Cl.COc1ccc(NCc2sc(C(=O)CCc3ccc4c(N)nccc4c3)cc2Cl)cc1.CS(=O)(=O)c1ccc(NCc2sc(C(=O)CCc3ccc4c(N)nccc4c3)cc2Cl)cc1.N#Cc1ccc(CNCc2sc(C(=O)CCc3ccc4c(N)nccc4c3)cc2Cl)cc1. The number of rotatable bonds is 33. The number of ketones is 3. The number of halogens is 4. The Kier molecular flexibility index (Phi) is 33.1. The first-order chi connectivity index (χ1) is 60.7. The Morgan fingerprint density at radius 2 is 0.786 bits per heavy atom. The maximum atomic E-state index is 12.8. The van der Waals surface area contributed by atoms with E-state index in [-0.39, 0.29) is 34.1 Å². The third kappa shape index (κ3) is 26.3. The number of benzene rings is 7. The van der Waals surface area contributed by atoms with E-state index < -0.39 is 9.84 Å². The molecule has 0 unspecified atom stereocenters. The van der Waals surface area contributed by atoms with E-state index in [1.54, 1.807) is 92.6 Å². The molecule has 8 aromatic heterocycles. The van der Waals surface area contributed by atoms with E-state index in [0.717, 1.165) is 121 Å². The molecule has 126 heavy (non-hydrogen) atoms. The van der Waals surface area contributed by atoms with Gasteiger partial charge in [-0.25, -0.2) is 28.4 Å². The Bertz CT molecular complexity index is 6580. The highest BCUT2D eigenvalue weighted by Crippen LogP contribution is 2.35. The Balaban J connectivity index is 0.000000153. The first-order valence-electron chi connectivity index (χ1n) is 39.8. The maximum Gasteiger partial charge on any atom is 0.261 e. The molecule has 0 spiro atoms. The molecule has 14 N–H and O–H groups in total. The van der Waals surface area contributed by atoms with Gasteiger partial charge in [-0.2, -0.15) is 5.26 Å². The number of thiophene rings is 4.